The Balaban J connectivity index is 1.03. The van der Waals surface area contributed by atoms with Gasteiger partial charge in [-0.15, -0.1) is 0 Å². The number of hydrogen-bond acceptors (Lipinski definition) is 2. The Kier molecular flexibility index (Phi) is 8.56. The highest BCUT2D eigenvalue weighted by atomic mass is 15.1. The molecule has 0 saturated carbocycles. The van der Waals surface area contributed by atoms with Crippen molar-refractivity contribution in [2.24, 2.45) is 0 Å². The maximum atomic E-state index is 4.13. The predicted octanol–water partition coefficient (Wildman–Crippen LogP) is 16.8. The van der Waals surface area contributed by atoms with E-state index in [1.54, 1.807) is 0 Å². The second kappa shape index (κ2) is 13.9. The lowest BCUT2D eigenvalue weighted by Crippen LogP contribution is -2.19. The Morgan fingerprint density at radius 2 is 0.587 bits per heavy atom. The molecule has 0 atom stereocenters. The molecular formula is C61H52N2. The van der Waals surface area contributed by atoms with Gasteiger partial charge in [0.1, 0.15) is 0 Å². The third kappa shape index (κ3) is 5.77. The molecular weight excluding hydrogens is 761 g/mol. The first kappa shape index (κ1) is 38.7. The van der Waals surface area contributed by atoms with Crippen molar-refractivity contribution in [3.63, 3.8) is 0 Å². The monoisotopic (exact) mass is 812 g/mol. The van der Waals surface area contributed by atoms with Gasteiger partial charge in [-0.3, -0.25) is 0 Å². The van der Waals surface area contributed by atoms with Gasteiger partial charge in [0.05, 0.1) is 0 Å². The van der Waals surface area contributed by atoms with Gasteiger partial charge in [-0.25, -0.2) is 0 Å². The fraction of sp³-hybridized carbons (Fsp3) is 0.148. The van der Waals surface area contributed by atoms with Crippen LogP contribution in [0.1, 0.15) is 86.1 Å². The summed E-state index contributed by atoms with van der Waals surface area (Å²) in [6, 6.07) is 63.5. The van der Waals surface area contributed by atoms with Gasteiger partial charge < -0.3 is 9.80 Å². The van der Waals surface area contributed by atoms with Crippen LogP contribution in [-0.4, -0.2) is 0 Å². The molecule has 0 aromatic heterocycles. The van der Waals surface area contributed by atoms with Crippen LogP contribution < -0.4 is 9.80 Å². The van der Waals surface area contributed by atoms with E-state index in [9.17, 15) is 0 Å². The first-order valence-corrected chi connectivity index (χ1v) is 22.2. The summed E-state index contributed by atoms with van der Waals surface area (Å²) in [5.41, 5.74) is 24.4. The Morgan fingerprint density at radius 3 is 0.921 bits per heavy atom. The summed E-state index contributed by atoms with van der Waals surface area (Å²) in [4.78, 5) is 4.86. The zero-order valence-corrected chi connectivity index (χ0v) is 37.1. The quantitative estimate of drug-likeness (QED) is 0.151. The summed E-state index contributed by atoms with van der Waals surface area (Å²) < 4.78 is 0. The lowest BCUT2D eigenvalue weighted by molar-refractivity contribution is 0.660. The third-order valence-corrected chi connectivity index (χ3v) is 14.5. The maximum absolute atomic E-state index is 4.13. The summed E-state index contributed by atoms with van der Waals surface area (Å²) in [5, 5.41) is 0. The number of anilines is 6. The topological polar surface area (TPSA) is 6.48 Å². The fourth-order valence-electron chi connectivity index (χ4n) is 11.1. The fourth-order valence-corrected chi connectivity index (χ4v) is 11.1. The van der Waals surface area contributed by atoms with E-state index in [1.807, 2.05) is 12.2 Å². The van der Waals surface area contributed by atoms with E-state index in [2.05, 4.69) is 234 Å². The van der Waals surface area contributed by atoms with E-state index < -0.39 is 0 Å². The minimum atomic E-state index is -0.275. The molecule has 0 fully saturated rings. The van der Waals surface area contributed by atoms with Crippen LogP contribution in [0.3, 0.4) is 0 Å². The lowest BCUT2D eigenvalue weighted by atomic mass is 9.81. The second-order valence-electron chi connectivity index (χ2n) is 19.2. The van der Waals surface area contributed by atoms with E-state index in [4.69, 9.17) is 0 Å². The van der Waals surface area contributed by atoms with Crippen molar-refractivity contribution in [2.75, 3.05) is 9.80 Å². The Morgan fingerprint density at radius 1 is 0.302 bits per heavy atom. The lowest BCUT2D eigenvalue weighted by Gasteiger charge is -2.30. The molecule has 3 aliphatic carbocycles. The molecule has 2 nitrogen and oxygen atoms in total. The van der Waals surface area contributed by atoms with Crippen molar-refractivity contribution in [1.29, 1.82) is 0 Å². The van der Waals surface area contributed by atoms with Crippen molar-refractivity contribution in [2.45, 2.75) is 57.8 Å². The molecule has 8 aromatic carbocycles. The maximum Gasteiger partial charge on any atom is 0.0467 e. The van der Waals surface area contributed by atoms with Crippen LogP contribution >= 0.6 is 0 Å². The summed E-state index contributed by atoms with van der Waals surface area (Å²) >= 11 is 0. The third-order valence-electron chi connectivity index (χ3n) is 14.5. The number of hydrogen-bond donors (Lipinski definition) is 0. The minimum Gasteiger partial charge on any atom is -0.310 e. The molecule has 2 heteroatoms. The molecule has 0 aliphatic heterocycles. The van der Waals surface area contributed by atoms with Crippen LogP contribution in [0.25, 0.3) is 45.5 Å². The summed E-state index contributed by atoms with van der Waals surface area (Å²) in [5.74, 6) is 0. The van der Waals surface area contributed by atoms with Crippen LogP contribution in [0.4, 0.5) is 34.1 Å². The highest BCUT2D eigenvalue weighted by molar-refractivity contribution is 5.91. The average molecular weight is 813 g/mol. The molecule has 0 heterocycles. The summed E-state index contributed by atoms with van der Waals surface area (Å²) in [6.07, 6.45) is 3.87. The molecule has 3 aliphatic rings. The Bertz CT molecular complexity index is 3000. The first-order chi connectivity index (χ1) is 30.4. The van der Waals surface area contributed by atoms with Crippen molar-refractivity contribution in [3.8, 4) is 33.4 Å². The van der Waals surface area contributed by atoms with Crippen LogP contribution in [0.2, 0.25) is 0 Å². The molecule has 0 bridgehead atoms. The van der Waals surface area contributed by atoms with Crippen molar-refractivity contribution in [1.82, 2.24) is 0 Å². The largest absolute Gasteiger partial charge is 0.310 e. The van der Waals surface area contributed by atoms with E-state index in [-0.39, 0.29) is 16.2 Å². The Labute approximate surface area is 373 Å². The smallest absolute Gasteiger partial charge is 0.0467 e. The first-order valence-electron chi connectivity index (χ1n) is 22.2. The molecule has 0 saturated heterocycles. The molecule has 0 spiro atoms. The normalized spacial score (nSPS) is 15.0. The van der Waals surface area contributed by atoms with E-state index in [0.717, 1.165) is 45.3 Å². The summed E-state index contributed by atoms with van der Waals surface area (Å²) in [7, 11) is 0. The van der Waals surface area contributed by atoms with E-state index >= 15 is 0 Å². The molecule has 0 N–H and O–H groups in total. The van der Waals surface area contributed by atoms with Gasteiger partial charge in [-0.05, 0) is 151 Å². The molecule has 8 aromatic rings. The highest BCUT2D eigenvalue weighted by Crippen LogP contribution is 2.55. The van der Waals surface area contributed by atoms with Gasteiger partial charge in [0, 0.05) is 50.4 Å². The minimum absolute atomic E-state index is 0.113. The van der Waals surface area contributed by atoms with Gasteiger partial charge in [0.2, 0.25) is 0 Å². The van der Waals surface area contributed by atoms with Crippen molar-refractivity contribution >= 4 is 46.3 Å². The number of benzene rings is 8. The Hall–Kier alpha value is -7.16. The molecule has 63 heavy (non-hydrogen) atoms. The highest BCUT2D eigenvalue weighted by Gasteiger charge is 2.39. The number of rotatable bonds is 8. The van der Waals surface area contributed by atoms with Crippen LogP contribution in [0.5, 0.6) is 0 Å². The average Bonchev–Trinajstić information content (AvgIpc) is 3.78. The number of fused-ring (bicyclic) bond motifs is 9. The van der Waals surface area contributed by atoms with Gasteiger partial charge in [-0.2, -0.15) is 0 Å². The van der Waals surface area contributed by atoms with E-state index in [1.165, 1.54) is 66.8 Å². The predicted molar refractivity (Wildman–Crippen MR) is 269 cm³/mol. The summed E-state index contributed by atoms with van der Waals surface area (Å²) in [6.45, 7) is 22.5. The molecule has 0 unspecified atom stereocenters. The van der Waals surface area contributed by atoms with Crippen molar-refractivity contribution in [3.05, 3.63) is 228 Å². The standard InChI is InChI=1S/C61H52N2/c1-9-39-17-15-19-41(33-39)62(43-25-29-49-47-21-11-13-23-53(47)59(3,4)55(49)35-43)45-27-31-51-52-32-28-46(38-58(52)61(7,8)57(51)37-45)63(42-20-16-18-40(10-2)34-42)44-26-30-50-48-22-12-14-24-54(48)60(5,6)56(50)36-44/h9-38H,1-2H2,3-8H3. The zero-order chi connectivity index (χ0) is 43.4. The number of nitrogens with zero attached hydrogens (tertiary/aromatic N) is 2. The molecule has 0 amide bonds. The van der Waals surface area contributed by atoms with Crippen LogP contribution in [0.15, 0.2) is 183 Å². The van der Waals surface area contributed by atoms with Gasteiger partial charge in [-0.1, -0.05) is 164 Å². The van der Waals surface area contributed by atoms with Crippen LogP contribution in [0, 0.1) is 0 Å². The van der Waals surface area contributed by atoms with E-state index in [0.29, 0.717) is 0 Å². The molecule has 11 rings (SSSR count). The van der Waals surface area contributed by atoms with Gasteiger partial charge in [0.15, 0.2) is 0 Å². The van der Waals surface area contributed by atoms with Crippen LogP contribution in [-0.2, 0) is 16.2 Å². The molecule has 0 radical (unpaired) electrons. The van der Waals surface area contributed by atoms with Crippen molar-refractivity contribution < 1.29 is 0 Å². The zero-order valence-electron chi connectivity index (χ0n) is 37.1. The molecule has 306 valence electrons. The SMILES string of the molecule is C=Cc1cccc(N(c2ccc3c(c2)C(C)(C)c2ccccc2-3)c2ccc3c(c2)C(C)(C)c2cc(N(c4cccc(C=C)c4)c4ccc5c(c4)C(C)(C)c4ccccc4-5)ccc2-3)c1. The van der Waals surface area contributed by atoms with Gasteiger partial charge >= 0.3 is 0 Å². The second-order valence-corrected chi connectivity index (χ2v) is 19.2. The van der Waals surface area contributed by atoms with Gasteiger partial charge in [0.25, 0.3) is 0 Å².